The SMILES string of the molecule is C[C@H]1CCCN(Cc2cc(=O)[nH]c(-c3ccccc3)n2)C1. The van der Waals surface area contributed by atoms with Gasteiger partial charge in [-0.05, 0) is 25.3 Å². The largest absolute Gasteiger partial charge is 0.307 e. The molecule has 2 heterocycles. The van der Waals surface area contributed by atoms with Crippen molar-refractivity contribution in [3.8, 4) is 11.4 Å². The van der Waals surface area contributed by atoms with Crippen LogP contribution in [0.15, 0.2) is 41.2 Å². The molecule has 0 aliphatic carbocycles. The van der Waals surface area contributed by atoms with E-state index in [2.05, 4.69) is 21.8 Å². The number of benzene rings is 1. The van der Waals surface area contributed by atoms with Crippen LogP contribution in [0, 0.1) is 5.92 Å². The number of hydrogen-bond acceptors (Lipinski definition) is 3. The van der Waals surface area contributed by atoms with Gasteiger partial charge in [0.05, 0.1) is 5.69 Å². The van der Waals surface area contributed by atoms with E-state index in [0.29, 0.717) is 5.82 Å². The van der Waals surface area contributed by atoms with Gasteiger partial charge in [0.2, 0.25) is 0 Å². The van der Waals surface area contributed by atoms with Gasteiger partial charge in [-0.2, -0.15) is 0 Å². The summed E-state index contributed by atoms with van der Waals surface area (Å²) >= 11 is 0. The van der Waals surface area contributed by atoms with Gasteiger partial charge in [0.25, 0.3) is 5.56 Å². The molecule has 0 bridgehead atoms. The van der Waals surface area contributed by atoms with Gasteiger partial charge in [-0.25, -0.2) is 4.98 Å². The number of H-pyrrole nitrogens is 1. The lowest BCUT2D eigenvalue weighted by atomic mass is 10.0. The first-order valence-electron chi connectivity index (χ1n) is 7.59. The number of aromatic nitrogens is 2. The zero-order valence-electron chi connectivity index (χ0n) is 12.4. The maximum absolute atomic E-state index is 11.9. The van der Waals surface area contributed by atoms with Crippen LogP contribution in [-0.2, 0) is 6.54 Å². The summed E-state index contributed by atoms with van der Waals surface area (Å²) in [5, 5.41) is 0. The number of aromatic amines is 1. The third kappa shape index (κ3) is 3.58. The first-order chi connectivity index (χ1) is 10.2. The van der Waals surface area contributed by atoms with E-state index >= 15 is 0 Å². The van der Waals surface area contributed by atoms with Crippen molar-refractivity contribution in [1.29, 1.82) is 0 Å². The molecule has 4 nitrogen and oxygen atoms in total. The molecule has 0 saturated carbocycles. The summed E-state index contributed by atoms with van der Waals surface area (Å²) in [6.45, 7) is 5.23. The molecule has 1 fully saturated rings. The van der Waals surface area contributed by atoms with E-state index < -0.39 is 0 Å². The summed E-state index contributed by atoms with van der Waals surface area (Å²) in [6, 6.07) is 11.4. The van der Waals surface area contributed by atoms with Crippen LogP contribution in [-0.4, -0.2) is 28.0 Å². The van der Waals surface area contributed by atoms with Crippen molar-refractivity contribution in [2.45, 2.75) is 26.3 Å². The average molecular weight is 283 g/mol. The van der Waals surface area contributed by atoms with Gasteiger partial charge in [0, 0.05) is 24.7 Å². The topological polar surface area (TPSA) is 49.0 Å². The second-order valence-electron chi connectivity index (χ2n) is 5.93. The molecule has 21 heavy (non-hydrogen) atoms. The van der Waals surface area contributed by atoms with Crippen molar-refractivity contribution in [2.24, 2.45) is 5.92 Å². The van der Waals surface area contributed by atoms with Crippen molar-refractivity contribution in [1.82, 2.24) is 14.9 Å². The summed E-state index contributed by atoms with van der Waals surface area (Å²) in [5.74, 6) is 1.39. The quantitative estimate of drug-likeness (QED) is 0.942. The van der Waals surface area contributed by atoms with Crippen molar-refractivity contribution in [2.75, 3.05) is 13.1 Å². The summed E-state index contributed by atoms with van der Waals surface area (Å²) in [7, 11) is 0. The molecule has 1 atom stereocenters. The maximum atomic E-state index is 11.9. The highest BCUT2D eigenvalue weighted by atomic mass is 16.1. The molecular weight excluding hydrogens is 262 g/mol. The second kappa shape index (κ2) is 6.22. The lowest BCUT2D eigenvalue weighted by Crippen LogP contribution is -2.34. The van der Waals surface area contributed by atoms with E-state index in [4.69, 9.17) is 0 Å². The molecule has 1 N–H and O–H groups in total. The third-order valence-corrected chi connectivity index (χ3v) is 3.97. The van der Waals surface area contributed by atoms with E-state index in [1.54, 1.807) is 6.07 Å². The number of rotatable bonds is 3. The molecule has 1 aliphatic heterocycles. The molecule has 1 aromatic carbocycles. The molecule has 4 heteroatoms. The molecule has 1 aliphatic rings. The summed E-state index contributed by atoms with van der Waals surface area (Å²) in [4.78, 5) is 21.7. The van der Waals surface area contributed by atoms with Crippen LogP contribution in [0.1, 0.15) is 25.5 Å². The Morgan fingerprint density at radius 2 is 2.14 bits per heavy atom. The molecule has 1 saturated heterocycles. The van der Waals surface area contributed by atoms with E-state index in [-0.39, 0.29) is 5.56 Å². The van der Waals surface area contributed by atoms with Crippen LogP contribution in [0.4, 0.5) is 0 Å². The first kappa shape index (κ1) is 14.0. The normalized spacial score (nSPS) is 19.6. The molecule has 0 radical (unpaired) electrons. The molecule has 0 amide bonds. The Balaban J connectivity index is 1.83. The maximum Gasteiger partial charge on any atom is 0.251 e. The molecule has 1 aromatic heterocycles. The average Bonchev–Trinajstić information content (AvgIpc) is 2.47. The zero-order chi connectivity index (χ0) is 14.7. The van der Waals surface area contributed by atoms with Gasteiger partial charge in [-0.15, -0.1) is 0 Å². The number of nitrogens with zero attached hydrogens (tertiary/aromatic N) is 2. The first-order valence-corrected chi connectivity index (χ1v) is 7.59. The zero-order valence-corrected chi connectivity index (χ0v) is 12.4. The molecule has 3 rings (SSSR count). The summed E-state index contributed by atoms with van der Waals surface area (Å²) < 4.78 is 0. The number of hydrogen-bond donors (Lipinski definition) is 1. The lowest BCUT2D eigenvalue weighted by molar-refractivity contribution is 0.175. The Bertz CT molecular complexity index is 651. The Kier molecular flexibility index (Phi) is 4.15. The predicted octanol–water partition coefficient (Wildman–Crippen LogP) is 2.67. The van der Waals surface area contributed by atoms with Gasteiger partial charge >= 0.3 is 0 Å². The summed E-state index contributed by atoms with van der Waals surface area (Å²) in [5.41, 5.74) is 1.72. The van der Waals surface area contributed by atoms with Crippen LogP contribution in [0.25, 0.3) is 11.4 Å². The predicted molar refractivity (Wildman–Crippen MR) is 84.0 cm³/mol. The molecule has 0 unspecified atom stereocenters. The molecule has 0 spiro atoms. The second-order valence-corrected chi connectivity index (χ2v) is 5.93. The van der Waals surface area contributed by atoms with Crippen molar-refractivity contribution in [3.05, 3.63) is 52.4 Å². The Morgan fingerprint density at radius 3 is 2.90 bits per heavy atom. The smallest absolute Gasteiger partial charge is 0.251 e. The van der Waals surface area contributed by atoms with Crippen molar-refractivity contribution < 1.29 is 0 Å². The summed E-state index contributed by atoms with van der Waals surface area (Å²) in [6.07, 6.45) is 2.53. The van der Waals surface area contributed by atoms with Crippen molar-refractivity contribution in [3.63, 3.8) is 0 Å². The van der Waals surface area contributed by atoms with Crippen LogP contribution in [0.3, 0.4) is 0 Å². The highest BCUT2D eigenvalue weighted by Crippen LogP contribution is 2.18. The number of likely N-dealkylation sites (tertiary alicyclic amines) is 1. The Labute approximate surface area is 124 Å². The van der Waals surface area contributed by atoms with Crippen LogP contribution >= 0.6 is 0 Å². The van der Waals surface area contributed by atoms with Crippen LogP contribution in [0.2, 0.25) is 0 Å². The van der Waals surface area contributed by atoms with Crippen LogP contribution < -0.4 is 5.56 Å². The van der Waals surface area contributed by atoms with Gasteiger partial charge in [-0.1, -0.05) is 37.3 Å². The number of piperidine rings is 1. The standard InChI is InChI=1S/C17H21N3O/c1-13-6-5-9-20(11-13)12-15-10-16(21)19-17(18-15)14-7-3-2-4-8-14/h2-4,7-8,10,13H,5-6,9,11-12H2,1H3,(H,18,19,21)/t13-/m0/s1. The van der Waals surface area contributed by atoms with Gasteiger partial charge in [0.1, 0.15) is 5.82 Å². The lowest BCUT2D eigenvalue weighted by Gasteiger charge is -2.30. The third-order valence-electron chi connectivity index (χ3n) is 3.97. The van der Waals surface area contributed by atoms with E-state index in [1.165, 1.54) is 12.8 Å². The van der Waals surface area contributed by atoms with E-state index in [0.717, 1.165) is 36.8 Å². The minimum Gasteiger partial charge on any atom is -0.307 e. The van der Waals surface area contributed by atoms with E-state index in [1.807, 2.05) is 30.3 Å². The van der Waals surface area contributed by atoms with Gasteiger partial charge in [0.15, 0.2) is 0 Å². The monoisotopic (exact) mass is 283 g/mol. The van der Waals surface area contributed by atoms with Crippen molar-refractivity contribution >= 4 is 0 Å². The molecular formula is C17H21N3O. The fraction of sp³-hybridized carbons (Fsp3) is 0.412. The number of nitrogens with one attached hydrogen (secondary N) is 1. The highest BCUT2D eigenvalue weighted by Gasteiger charge is 2.17. The van der Waals surface area contributed by atoms with E-state index in [9.17, 15) is 4.79 Å². The molecule has 2 aromatic rings. The van der Waals surface area contributed by atoms with Crippen LogP contribution in [0.5, 0.6) is 0 Å². The molecule has 110 valence electrons. The minimum absolute atomic E-state index is 0.0797. The fourth-order valence-corrected chi connectivity index (χ4v) is 2.98. The van der Waals surface area contributed by atoms with Gasteiger partial charge in [-0.3, -0.25) is 9.69 Å². The van der Waals surface area contributed by atoms with Gasteiger partial charge < -0.3 is 4.98 Å². The Hall–Kier alpha value is -1.94. The highest BCUT2D eigenvalue weighted by molar-refractivity contribution is 5.54. The fourth-order valence-electron chi connectivity index (χ4n) is 2.98. The Morgan fingerprint density at radius 1 is 1.33 bits per heavy atom. The minimum atomic E-state index is -0.0797.